The molecule has 1 aliphatic heterocycles. The van der Waals surface area contributed by atoms with Gasteiger partial charge in [-0.25, -0.2) is 0 Å². The Labute approximate surface area is 168 Å². The maximum Gasteiger partial charge on any atom is 0.573 e. The van der Waals surface area contributed by atoms with Gasteiger partial charge in [0.25, 0.3) is 0 Å². The van der Waals surface area contributed by atoms with E-state index in [1.807, 2.05) is 0 Å². The fraction of sp³-hybridized carbons (Fsp3) is 0.727. The zero-order valence-corrected chi connectivity index (χ0v) is 18.0. The van der Waals surface area contributed by atoms with E-state index in [-0.39, 0.29) is 14.5 Å². The fourth-order valence-electron chi connectivity index (χ4n) is 5.13. The summed E-state index contributed by atoms with van der Waals surface area (Å²) in [6.45, 7) is 2.98. The van der Waals surface area contributed by atoms with Gasteiger partial charge in [-0.2, -0.15) is 0 Å². The molecular formula is C22H33F3O2Si. The summed E-state index contributed by atoms with van der Waals surface area (Å²) in [6, 6.07) is 10.4. The predicted octanol–water partition coefficient (Wildman–Crippen LogP) is 6.82. The summed E-state index contributed by atoms with van der Waals surface area (Å²) < 4.78 is 46.3. The molecule has 0 spiro atoms. The van der Waals surface area contributed by atoms with Gasteiger partial charge in [0.1, 0.15) is 11.5 Å². The predicted molar refractivity (Wildman–Crippen MR) is 109 cm³/mol. The first-order chi connectivity index (χ1) is 13.4. The Kier molecular flexibility index (Phi) is 7.72. The van der Waals surface area contributed by atoms with Crippen LogP contribution < -0.4 is 9.47 Å². The van der Waals surface area contributed by atoms with E-state index in [1.54, 1.807) is 30.3 Å². The Balaban J connectivity index is 1.36. The van der Waals surface area contributed by atoms with E-state index in [4.69, 9.17) is 4.74 Å². The molecule has 0 atom stereocenters. The molecule has 1 aliphatic carbocycles. The molecule has 1 saturated carbocycles. The van der Waals surface area contributed by atoms with Gasteiger partial charge in [0.2, 0.25) is 0 Å². The van der Waals surface area contributed by atoms with Gasteiger partial charge < -0.3 is 9.47 Å². The number of ether oxygens (including phenoxy) is 2. The van der Waals surface area contributed by atoms with Crippen LogP contribution in [-0.2, 0) is 0 Å². The second-order valence-electron chi connectivity index (χ2n) is 8.68. The van der Waals surface area contributed by atoms with Crippen molar-refractivity contribution in [3.8, 4) is 11.5 Å². The van der Waals surface area contributed by atoms with Crippen LogP contribution in [0.2, 0.25) is 18.1 Å². The van der Waals surface area contributed by atoms with Crippen LogP contribution >= 0.6 is 0 Å². The van der Waals surface area contributed by atoms with E-state index in [9.17, 15) is 13.2 Å². The molecule has 2 aliphatic rings. The molecule has 0 unspecified atom stereocenters. The monoisotopic (exact) mass is 414 g/mol. The summed E-state index contributed by atoms with van der Waals surface area (Å²) in [4.78, 5) is 0. The average Bonchev–Trinajstić information content (AvgIpc) is 2.68. The SMILES string of the molecule is CCC[SiH]1CCC(C2CCC(COc3ccc(OC(F)(F)F)cc3)CC2)CC1. The normalized spacial score (nSPS) is 28.7. The highest BCUT2D eigenvalue weighted by Gasteiger charge is 2.32. The standard InChI is InChI=1S/C22H33F3O2Si/c1-2-13-28-14-11-19(12-15-28)18-5-3-17(4-6-18)16-26-20-7-9-21(10-8-20)27-22(23,24)25/h7-10,17-19,28H,2-6,11-16H2,1H3. The van der Waals surface area contributed by atoms with Crippen LogP contribution in [0.15, 0.2) is 24.3 Å². The lowest BCUT2D eigenvalue weighted by Gasteiger charge is -2.37. The van der Waals surface area contributed by atoms with Crippen LogP contribution in [0, 0.1) is 17.8 Å². The summed E-state index contributed by atoms with van der Waals surface area (Å²) in [7, 11) is -0.385. The smallest absolute Gasteiger partial charge is 0.493 e. The van der Waals surface area contributed by atoms with Gasteiger partial charge >= 0.3 is 6.36 Å². The molecule has 3 rings (SSSR count). The molecule has 1 heterocycles. The molecule has 1 saturated heterocycles. The van der Waals surface area contributed by atoms with Gasteiger partial charge in [-0.1, -0.05) is 44.3 Å². The van der Waals surface area contributed by atoms with E-state index in [0.717, 1.165) is 11.8 Å². The second-order valence-corrected chi connectivity index (χ2v) is 12.1. The molecule has 2 nitrogen and oxygen atoms in total. The summed E-state index contributed by atoms with van der Waals surface area (Å²) in [5.41, 5.74) is 0. The molecular weight excluding hydrogens is 381 g/mol. The Morgan fingerprint density at radius 2 is 1.46 bits per heavy atom. The van der Waals surface area contributed by atoms with Gasteiger partial charge in [0.15, 0.2) is 0 Å². The van der Waals surface area contributed by atoms with Crippen molar-refractivity contribution in [1.82, 2.24) is 0 Å². The third-order valence-corrected chi connectivity index (χ3v) is 10.4. The fourth-order valence-corrected chi connectivity index (χ4v) is 8.62. The molecule has 0 N–H and O–H groups in total. The summed E-state index contributed by atoms with van der Waals surface area (Å²) in [6.07, 6.45) is 4.75. The Hall–Kier alpha value is -1.17. The number of benzene rings is 1. The van der Waals surface area contributed by atoms with Gasteiger partial charge in [-0.15, -0.1) is 13.2 Å². The van der Waals surface area contributed by atoms with Crippen molar-refractivity contribution < 1.29 is 22.6 Å². The van der Waals surface area contributed by atoms with Crippen molar-refractivity contribution in [2.24, 2.45) is 17.8 Å². The Morgan fingerprint density at radius 3 is 2.04 bits per heavy atom. The zero-order valence-electron chi connectivity index (χ0n) is 16.8. The van der Waals surface area contributed by atoms with Crippen molar-refractivity contribution >= 4 is 8.80 Å². The molecule has 0 bridgehead atoms. The highest BCUT2D eigenvalue weighted by atomic mass is 28.3. The van der Waals surface area contributed by atoms with E-state index >= 15 is 0 Å². The Bertz CT molecular complexity index is 574. The van der Waals surface area contributed by atoms with E-state index < -0.39 is 6.36 Å². The second kappa shape index (κ2) is 10.0. The number of alkyl halides is 3. The molecule has 158 valence electrons. The van der Waals surface area contributed by atoms with Crippen LogP contribution in [0.5, 0.6) is 11.5 Å². The van der Waals surface area contributed by atoms with Crippen molar-refractivity contribution in [3.05, 3.63) is 24.3 Å². The quantitative estimate of drug-likeness (QED) is 0.456. The summed E-state index contributed by atoms with van der Waals surface area (Å²) >= 11 is 0. The van der Waals surface area contributed by atoms with Crippen LogP contribution in [0.25, 0.3) is 0 Å². The number of halogens is 3. The third-order valence-electron chi connectivity index (χ3n) is 6.69. The summed E-state index contributed by atoms with van der Waals surface area (Å²) in [5, 5.41) is 0. The van der Waals surface area contributed by atoms with Crippen LogP contribution in [-0.4, -0.2) is 21.8 Å². The molecule has 0 aromatic heterocycles. The third kappa shape index (κ3) is 6.71. The van der Waals surface area contributed by atoms with Crippen molar-refractivity contribution in [2.75, 3.05) is 6.61 Å². The minimum Gasteiger partial charge on any atom is -0.493 e. The van der Waals surface area contributed by atoms with Crippen molar-refractivity contribution in [3.63, 3.8) is 0 Å². The highest BCUT2D eigenvalue weighted by Crippen LogP contribution is 2.41. The molecule has 6 heteroatoms. The average molecular weight is 415 g/mol. The molecule has 1 aromatic rings. The van der Waals surface area contributed by atoms with Crippen LogP contribution in [0.1, 0.15) is 51.9 Å². The number of rotatable bonds is 7. The molecule has 28 heavy (non-hydrogen) atoms. The Morgan fingerprint density at radius 1 is 0.893 bits per heavy atom. The molecule has 0 amide bonds. The lowest BCUT2D eigenvalue weighted by molar-refractivity contribution is -0.274. The van der Waals surface area contributed by atoms with Gasteiger partial charge in [0.05, 0.1) is 6.61 Å². The molecule has 1 aromatic carbocycles. The number of hydrogen-bond acceptors (Lipinski definition) is 2. The van der Waals surface area contributed by atoms with E-state index in [0.29, 0.717) is 18.3 Å². The van der Waals surface area contributed by atoms with E-state index in [2.05, 4.69) is 11.7 Å². The lowest BCUT2D eigenvalue weighted by atomic mass is 9.74. The largest absolute Gasteiger partial charge is 0.573 e. The van der Waals surface area contributed by atoms with Crippen LogP contribution in [0.4, 0.5) is 13.2 Å². The van der Waals surface area contributed by atoms with Crippen LogP contribution in [0.3, 0.4) is 0 Å². The number of hydrogen-bond donors (Lipinski definition) is 0. The van der Waals surface area contributed by atoms with E-state index in [1.165, 1.54) is 57.1 Å². The zero-order chi connectivity index (χ0) is 20.0. The first-order valence-corrected chi connectivity index (χ1v) is 13.4. The topological polar surface area (TPSA) is 18.5 Å². The minimum absolute atomic E-state index is 0.211. The summed E-state index contributed by atoms with van der Waals surface area (Å²) in [5.74, 6) is 2.83. The minimum atomic E-state index is -4.65. The first kappa shape index (κ1) is 21.5. The van der Waals surface area contributed by atoms with Gasteiger partial charge in [0, 0.05) is 8.80 Å². The lowest BCUT2D eigenvalue weighted by Crippen LogP contribution is -2.29. The van der Waals surface area contributed by atoms with Gasteiger partial charge in [-0.3, -0.25) is 0 Å². The van der Waals surface area contributed by atoms with Crippen molar-refractivity contribution in [1.29, 1.82) is 0 Å². The van der Waals surface area contributed by atoms with Gasteiger partial charge in [-0.05, 0) is 67.7 Å². The molecule has 2 fully saturated rings. The first-order valence-electron chi connectivity index (χ1n) is 10.9. The molecule has 0 radical (unpaired) electrons. The highest BCUT2D eigenvalue weighted by molar-refractivity contribution is 6.58. The van der Waals surface area contributed by atoms with Crippen molar-refractivity contribution in [2.45, 2.75) is 76.4 Å². The maximum absolute atomic E-state index is 12.2. The maximum atomic E-state index is 12.2.